The molecule has 190 valence electrons. The molecule has 3 aromatic heterocycles. The molecule has 0 aromatic carbocycles. The molecule has 37 heavy (non-hydrogen) atoms. The van der Waals surface area contributed by atoms with Crippen LogP contribution in [0.4, 0.5) is 5.13 Å². The minimum Gasteiger partial charge on any atom is -0.477 e. The molecule has 5 rings (SSSR count). The molecule has 2 atom stereocenters. The zero-order chi connectivity index (χ0) is 25.9. The van der Waals surface area contributed by atoms with Crippen LogP contribution in [0.2, 0.25) is 0 Å². The Bertz CT molecular complexity index is 1390. The lowest BCUT2D eigenvalue weighted by Crippen LogP contribution is -2.71. The molecule has 1 fully saturated rings. The second kappa shape index (κ2) is 10.4. The number of nitrogens with two attached hydrogens (primary N) is 1. The number of carbonyl (C=O) groups excluding carboxylic acids is 2. The van der Waals surface area contributed by atoms with E-state index in [2.05, 4.69) is 25.7 Å². The highest BCUT2D eigenvalue weighted by Gasteiger charge is 2.54. The van der Waals surface area contributed by atoms with Gasteiger partial charge >= 0.3 is 5.97 Å². The summed E-state index contributed by atoms with van der Waals surface area (Å²) in [7, 11) is 0. The Morgan fingerprint density at radius 1 is 1.35 bits per heavy atom. The second-order valence-corrected chi connectivity index (χ2v) is 10.0. The lowest BCUT2D eigenvalue weighted by molar-refractivity contribution is -0.689. The number of thiazole rings is 1. The number of nitrogens with one attached hydrogen (secondary N) is 2. The number of β-lactam (4-membered cyclic amide) rings is 1. The Morgan fingerprint density at radius 3 is 2.84 bits per heavy atom. The number of thioether (sulfide) groups is 1. The third kappa shape index (κ3) is 5.03. The number of aromatic amines is 1. The lowest BCUT2D eigenvalue weighted by Gasteiger charge is -2.49. The van der Waals surface area contributed by atoms with Crippen LogP contribution in [0.25, 0.3) is 0 Å². The maximum Gasteiger partial charge on any atom is 0.352 e. The Labute approximate surface area is 218 Å². The molecular weight excluding hydrogens is 520 g/mol. The number of pyridine rings is 1. The van der Waals surface area contributed by atoms with E-state index in [1.54, 1.807) is 17.6 Å². The molecule has 3 aromatic rings. The summed E-state index contributed by atoms with van der Waals surface area (Å²) in [4.78, 5) is 49.0. The van der Waals surface area contributed by atoms with E-state index >= 15 is 0 Å². The van der Waals surface area contributed by atoms with Gasteiger partial charge in [0, 0.05) is 35.0 Å². The van der Waals surface area contributed by atoms with Crippen molar-refractivity contribution in [1.82, 2.24) is 25.4 Å². The standard InChI is InChI=1S/C22H20N8O5S2/c23-22-25-14(11-37-22)15(28-35-9-13-4-5-24-27-13)18(31)26-16-19(32)30-17(21(33)34)12(10-36-20(16)30)8-29-6-2-1-3-7-29/h1-7,11,16,20H,8-10H2,(H4-,23,24,25,26,27,31,33,34)/p+1/t16-,20+/m1/s1. The Hall–Kier alpha value is -4.24. The van der Waals surface area contributed by atoms with Gasteiger partial charge in [0.1, 0.15) is 22.8 Å². The van der Waals surface area contributed by atoms with Crippen LogP contribution in [0, 0.1) is 0 Å². The molecule has 2 aliphatic rings. The van der Waals surface area contributed by atoms with Crippen molar-refractivity contribution >= 4 is 51.7 Å². The first-order valence-corrected chi connectivity index (χ1v) is 12.9. The van der Waals surface area contributed by atoms with E-state index in [0.29, 0.717) is 23.6 Å². The predicted molar refractivity (Wildman–Crippen MR) is 133 cm³/mol. The van der Waals surface area contributed by atoms with Gasteiger partial charge in [0.2, 0.25) is 0 Å². The summed E-state index contributed by atoms with van der Waals surface area (Å²) < 4.78 is 1.84. The van der Waals surface area contributed by atoms with Crippen molar-refractivity contribution in [2.45, 2.75) is 24.6 Å². The smallest absolute Gasteiger partial charge is 0.352 e. The number of nitrogen functional groups attached to an aromatic ring is 1. The van der Waals surface area contributed by atoms with Gasteiger partial charge in [-0.3, -0.25) is 19.6 Å². The quantitative estimate of drug-likeness (QED) is 0.126. The van der Waals surface area contributed by atoms with E-state index in [1.165, 1.54) is 16.7 Å². The van der Waals surface area contributed by atoms with Gasteiger partial charge in [-0.15, -0.1) is 23.1 Å². The molecule has 0 spiro atoms. The molecule has 5 N–H and O–H groups in total. The highest BCUT2D eigenvalue weighted by atomic mass is 32.2. The number of carbonyl (C=O) groups is 3. The average Bonchev–Trinajstić information content (AvgIpc) is 3.57. The SMILES string of the molecule is Nc1nc(C(=NOCc2ccn[nH]2)C(=O)N[C@@H]2C(=O)N3C(C(=O)O)=C(C[n+]4ccccc4)CS[C@@H]23)cs1. The summed E-state index contributed by atoms with van der Waals surface area (Å²) in [5.41, 5.74) is 6.95. The first-order chi connectivity index (χ1) is 17.9. The number of oxime groups is 1. The van der Waals surface area contributed by atoms with Crippen molar-refractivity contribution in [2.24, 2.45) is 5.16 Å². The molecule has 2 aliphatic heterocycles. The third-order valence-corrected chi connectivity index (χ3v) is 7.61. The Kier molecular flexibility index (Phi) is 6.87. The minimum absolute atomic E-state index is 0.0278. The number of hydrogen-bond donors (Lipinski definition) is 4. The van der Waals surface area contributed by atoms with Crippen molar-refractivity contribution in [3.05, 3.63) is 70.9 Å². The van der Waals surface area contributed by atoms with E-state index in [-0.39, 0.29) is 28.8 Å². The van der Waals surface area contributed by atoms with Crippen molar-refractivity contribution < 1.29 is 28.9 Å². The number of anilines is 1. The van der Waals surface area contributed by atoms with Crippen LogP contribution < -0.4 is 15.6 Å². The van der Waals surface area contributed by atoms with Gasteiger partial charge in [0.05, 0.1) is 5.69 Å². The van der Waals surface area contributed by atoms with Crippen LogP contribution >= 0.6 is 23.1 Å². The second-order valence-electron chi connectivity index (χ2n) is 8.03. The molecule has 0 aliphatic carbocycles. The number of fused-ring (bicyclic) bond motifs is 1. The van der Waals surface area contributed by atoms with Crippen molar-refractivity contribution in [3.63, 3.8) is 0 Å². The maximum atomic E-state index is 13.2. The number of carboxylic acid groups (broad SMARTS) is 1. The number of H-pyrrole nitrogens is 1. The zero-order valence-corrected chi connectivity index (χ0v) is 20.7. The van der Waals surface area contributed by atoms with Crippen LogP contribution in [-0.2, 0) is 32.4 Å². The van der Waals surface area contributed by atoms with Gasteiger partial charge < -0.3 is 21.0 Å². The highest BCUT2D eigenvalue weighted by Crippen LogP contribution is 2.40. The minimum atomic E-state index is -1.19. The van der Waals surface area contributed by atoms with Gasteiger partial charge in [-0.25, -0.2) is 14.3 Å². The number of nitrogens with zero attached hydrogens (tertiary/aromatic N) is 5. The molecule has 15 heteroatoms. The fourth-order valence-electron chi connectivity index (χ4n) is 3.91. The molecule has 0 unspecified atom stereocenters. The predicted octanol–water partition coefficient (Wildman–Crippen LogP) is 0.0956. The Balaban J connectivity index is 1.32. The van der Waals surface area contributed by atoms with E-state index in [4.69, 9.17) is 10.6 Å². The number of hydrogen-bond acceptors (Lipinski definition) is 10. The van der Waals surface area contributed by atoms with Crippen molar-refractivity contribution in [3.8, 4) is 0 Å². The maximum absolute atomic E-state index is 13.2. The summed E-state index contributed by atoms with van der Waals surface area (Å²) in [5, 5.41) is 24.2. The summed E-state index contributed by atoms with van der Waals surface area (Å²) in [6, 6.07) is 6.30. The van der Waals surface area contributed by atoms with Crippen LogP contribution in [-0.4, -0.2) is 65.9 Å². The van der Waals surface area contributed by atoms with E-state index in [1.807, 2.05) is 35.2 Å². The van der Waals surface area contributed by atoms with Crippen LogP contribution in [0.15, 0.2) is 64.7 Å². The highest BCUT2D eigenvalue weighted by molar-refractivity contribution is 8.00. The van der Waals surface area contributed by atoms with Gasteiger partial charge in [-0.1, -0.05) is 11.2 Å². The first-order valence-electron chi connectivity index (χ1n) is 11.0. The van der Waals surface area contributed by atoms with Crippen molar-refractivity contribution in [2.75, 3.05) is 11.5 Å². The lowest BCUT2D eigenvalue weighted by atomic mass is 10.0. The van der Waals surface area contributed by atoms with Crippen LogP contribution in [0.3, 0.4) is 0 Å². The molecule has 5 heterocycles. The van der Waals surface area contributed by atoms with E-state index in [9.17, 15) is 19.5 Å². The summed E-state index contributed by atoms with van der Waals surface area (Å²) >= 11 is 2.51. The zero-order valence-electron chi connectivity index (χ0n) is 19.1. The fraction of sp³-hybridized carbons (Fsp3) is 0.227. The number of amides is 2. The normalized spacial score (nSPS) is 19.3. The summed E-state index contributed by atoms with van der Waals surface area (Å²) in [5.74, 6) is -2.02. The van der Waals surface area contributed by atoms with Gasteiger partial charge in [-0.05, 0) is 6.07 Å². The average molecular weight is 542 g/mol. The van der Waals surface area contributed by atoms with Gasteiger partial charge in [-0.2, -0.15) is 5.10 Å². The molecule has 0 bridgehead atoms. The van der Waals surface area contributed by atoms with Gasteiger partial charge in [0.15, 0.2) is 36.4 Å². The van der Waals surface area contributed by atoms with Gasteiger partial charge in [0.25, 0.3) is 11.8 Å². The molecule has 0 saturated carbocycles. The number of rotatable bonds is 9. The van der Waals surface area contributed by atoms with E-state index < -0.39 is 29.2 Å². The number of aromatic nitrogens is 4. The first kappa shape index (κ1) is 24.5. The molecule has 13 nitrogen and oxygen atoms in total. The third-order valence-electron chi connectivity index (χ3n) is 5.60. The molecule has 1 saturated heterocycles. The summed E-state index contributed by atoms with van der Waals surface area (Å²) in [6.45, 7) is 0.360. The Morgan fingerprint density at radius 2 is 2.16 bits per heavy atom. The molecule has 2 amide bonds. The number of carboxylic acids is 1. The molecular formula is C22H21N8O5S2+. The monoisotopic (exact) mass is 541 g/mol. The van der Waals surface area contributed by atoms with Crippen molar-refractivity contribution in [1.29, 1.82) is 0 Å². The fourth-order valence-corrected chi connectivity index (χ4v) is 5.79. The summed E-state index contributed by atoms with van der Waals surface area (Å²) in [6.07, 6.45) is 5.20. The molecule has 0 radical (unpaired) electrons. The largest absolute Gasteiger partial charge is 0.477 e. The van der Waals surface area contributed by atoms with Crippen LogP contribution in [0.5, 0.6) is 0 Å². The van der Waals surface area contributed by atoms with E-state index in [0.717, 1.165) is 11.3 Å². The topological polar surface area (TPSA) is 180 Å². The van der Waals surface area contributed by atoms with Crippen LogP contribution in [0.1, 0.15) is 11.4 Å². The number of aliphatic carboxylic acids is 1.